The molecule has 4 aliphatic rings. The predicted molar refractivity (Wildman–Crippen MR) is 180 cm³/mol. The summed E-state index contributed by atoms with van der Waals surface area (Å²) in [7, 11) is 1.56. The van der Waals surface area contributed by atoms with Gasteiger partial charge in [-0.1, -0.05) is 39.2 Å². The molecule has 4 aliphatic heterocycles. The SMILES string of the molecule is C1CC2CCCN2C1.C=Cc1cc(OCOC)cc(N2C(=O)c3c(nc(OCC)nc3N3CCCOCC3)C2C)c1C=C.CC. The fourth-order valence-electron chi connectivity index (χ4n) is 6.55. The molecule has 246 valence electrons. The van der Waals surface area contributed by atoms with Gasteiger partial charge in [0.1, 0.15) is 17.1 Å². The van der Waals surface area contributed by atoms with E-state index in [0.717, 1.165) is 30.1 Å². The van der Waals surface area contributed by atoms with Crippen molar-refractivity contribution in [2.45, 2.75) is 71.9 Å². The second-order valence-electron chi connectivity index (χ2n) is 11.2. The van der Waals surface area contributed by atoms with Crippen LogP contribution in [0.3, 0.4) is 0 Å². The third kappa shape index (κ3) is 7.68. The number of methoxy groups -OCH3 is 1. The highest BCUT2D eigenvalue weighted by Crippen LogP contribution is 2.44. The Balaban J connectivity index is 0.000000390. The fraction of sp³-hybridized carbons (Fsp3) is 0.571. The van der Waals surface area contributed by atoms with E-state index in [1.807, 2.05) is 39.8 Å². The summed E-state index contributed by atoms with van der Waals surface area (Å²) >= 11 is 0. The number of ether oxygens (including phenoxy) is 4. The van der Waals surface area contributed by atoms with Crippen LogP contribution in [0, 0.1) is 0 Å². The zero-order valence-electron chi connectivity index (χ0n) is 27.8. The zero-order chi connectivity index (χ0) is 32.3. The van der Waals surface area contributed by atoms with Crippen LogP contribution in [0.5, 0.6) is 11.8 Å². The molecule has 0 N–H and O–H groups in total. The maximum atomic E-state index is 14.0. The lowest BCUT2D eigenvalue weighted by molar-refractivity contribution is 0.0511. The van der Waals surface area contributed by atoms with Gasteiger partial charge in [0.25, 0.3) is 5.91 Å². The Morgan fingerprint density at radius 3 is 2.40 bits per heavy atom. The average molecular weight is 622 g/mol. The molecule has 1 amide bonds. The second-order valence-corrected chi connectivity index (χ2v) is 11.2. The summed E-state index contributed by atoms with van der Waals surface area (Å²) in [4.78, 5) is 29.8. The van der Waals surface area contributed by atoms with Gasteiger partial charge >= 0.3 is 6.01 Å². The lowest BCUT2D eigenvalue weighted by Gasteiger charge is -2.25. The van der Waals surface area contributed by atoms with Gasteiger partial charge in [0.05, 0.1) is 30.6 Å². The van der Waals surface area contributed by atoms with E-state index in [4.69, 9.17) is 18.9 Å². The van der Waals surface area contributed by atoms with Crippen molar-refractivity contribution in [3.63, 3.8) is 0 Å². The van der Waals surface area contributed by atoms with Gasteiger partial charge in [-0.15, -0.1) is 0 Å². The van der Waals surface area contributed by atoms with Gasteiger partial charge in [-0.3, -0.25) is 9.69 Å². The molecular weight excluding hydrogens is 570 g/mol. The lowest BCUT2D eigenvalue weighted by atomic mass is 10.0. The molecule has 3 fully saturated rings. The molecule has 6 rings (SSSR count). The number of carbonyl (C=O) groups excluding carboxylic acids is 1. The summed E-state index contributed by atoms with van der Waals surface area (Å²) in [5.74, 6) is 0.959. The molecule has 10 heteroatoms. The molecule has 0 radical (unpaired) electrons. The molecular formula is C35H51N5O5. The van der Waals surface area contributed by atoms with Gasteiger partial charge in [0.15, 0.2) is 6.79 Å². The quantitative estimate of drug-likeness (QED) is 0.297. The van der Waals surface area contributed by atoms with E-state index in [-0.39, 0.29) is 24.8 Å². The van der Waals surface area contributed by atoms with Crippen LogP contribution in [0.25, 0.3) is 12.2 Å². The number of hydrogen-bond acceptors (Lipinski definition) is 9. The van der Waals surface area contributed by atoms with E-state index in [1.165, 1.54) is 38.8 Å². The van der Waals surface area contributed by atoms with Crippen molar-refractivity contribution in [3.05, 3.63) is 47.7 Å². The monoisotopic (exact) mass is 621 g/mol. The molecule has 5 heterocycles. The van der Waals surface area contributed by atoms with E-state index in [2.05, 4.69) is 32.9 Å². The standard InChI is InChI=1S/C26H32N4O5.C7H13N.C2H6/c1-6-18-14-19(35-16-32-5)15-21(20(18)7-2)30-17(4)23-22(25(30)31)24(28-26(27-23)34-8-3)29-10-9-12-33-13-11-29;1-3-7-4-2-6-8(7)5-1;1-2/h6-7,14-15,17H,1-2,8-13,16H2,3-5H3;7H,1-6H2;1-2H3. The van der Waals surface area contributed by atoms with Crippen molar-refractivity contribution in [2.75, 3.05) is 69.7 Å². The third-order valence-electron chi connectivity index (χ3n) is 8.58. The highest BCUT2D eigenvalue weighted by molar-refractivity contribution is 6.14. The molecule has 0 saturated carbocycles. The molecule has 45 heavy (non-hydrogen) atoms. The van der Waals surface area contributed by atoms with Crippen molar-refractivity contribution < 1.29 is 23.7 Å². The number of amides is 1. The molecule has 2 aromatic rings. The average Bonchev–Trinajstić information content (AvgIpc) is 3.69. The van der Waals surface area contributed by atoms with E-state index < -0.39 is 0 Å². The topological polar surface area (TPSA) is 89.5 Å². The summed E-state index contributed by atoms with van der Waals surface area (Å²) in [5.41, 5.74) is 3.35. The van der Waals surface area contributed by atoms with Crippen LogP contribution < -0.4 is 19.3 Å². The third-order valence-corrected chi connectivity index (χ3v) is 8.58. The number of carbonyl (C=O) groups is 1. The van der Waals surface area contributed by atoms with Crippen molar-refractivity contribution in [3.8, 4) is 11.8 Å². The molecule has 3 saturated heterocycles. The second kappa shape index (κ2) is 16.7. The minimum atomic E-state index is -0.365. The first-order valence-corrected chi connectivity index (χ1v) is 16.5. The normalized spacial score (nSPS) is 19.5. The van der Waals surface area contributed by atoms with Gasteiger partial charge in [0, 0.05) is 44.5 Å². The summed E-state index contributed by atoms with van der Waals surface area (Å²) in [6, 6.07) is 4.58. The van der Waals surface area contributed by atoms with Crippen LogP contribution in [0.15, 0.2) is 25.3 Å². The van der Waals surface area contributed by atoms with Gasteiger partial charge in [0.2, 0.25) is 0 Å². The molecule has 1 aromatic heterocycles. The summed E-state index contributed by atoms with van der Waals surface area (Å²) < 4.78 is 22.1. The Morgan fingerprint density at radius 1 is 1.00 bits per heavy atom. The number of aromatic nitrogens is 2. The van der Waals surface area contributed by atoms with Crippen molar-refractivity contribution >= 4 is 29.6 Å². The minimum absolute atomic E-state index is 0.0809. The first kappa shape index (κ1) is 34.4. The van der Waals surface area contributed by atoms with E-state index in [0.29, 0.717) is 54.9 Å². The first-order valence-electron chi connectivity index (χ1n) is 16.5. The smallest absolute Gasteiger partial charge is 0.318 e. The minimum Gasteiger partial charge on any atom is -0.467 e. The number of hydrogen-bond donors (Lipinski definition) is 0. The van der Waals surface area contributed by atoms with Gasteiger partial charge < -0.3 is 28.7 Å². The van der Waals surface area contributed by atoms with Crippen molar-refractivity contribution in [1.82, 2.24) is 14.9 Å². The van der Waals surface area contributed by atoms with Crippen LogP contribution in [0.2, 0.25) is 0 Å². The number of fused-ring (bicyclic) bond motifs is 2. The summed E-state index contributed by atoms with van der Waals surface area (Å²) in [5, 5.41) is 0. The van der Waals surface area contributed by atoms with Crippen LogP contribution >= 0.6 is 0 Å². The molecule has 1 unspecified atom stereocenters. The number of nitrogens with zero attached hydrogens (tertiary/aromatic N) is 5. The highest BCUT2D eigenvalue weighted by atomic mass is 16.7. The predicted octanol–water partition coefficient (Wildman–Crippen LogP) is 6.36. The molecule has 0 spiro atoms. The Morgan fingerprint density at radius 2 is 1.76 bits per heavy atom. The van der Waals surface area contributed by atoms with Crippen molar-refractivity contribution in [2.24, 2.45) is 0 Å². The molecule has 0 aliphatic carbocycles. The number of rotatable bonds is 9. The van der Waals surface area contributed by atoms with Crippen LogP contribution in [-0.2, 0) is 9.47 Å². The van der Waals surface area contributed by atoms with Crippen molar-refractivity contribution in [1.29, 1.82) is 0 Å². The molecule has 0 bridgehead atoms. The van der Waals surface area contributed by atoms with Crippen LogP contribution in [-0.4, -0.2) is 86.7 Å². The van der Waals surface area contributed by atoms with E-state index in [1.54, 1.807) is 24.2 Å². The highest BCUT2D eigenvalue weighted by Gasteiger charge is 2.42. The fourth-order valence-corrected chi connectivity index (χ4v) is 6.55. The maximum absolute atomic E-state index is 14.0. The lowest BCUT2D eigenvalue weighted by Crippen LogP contribution is -2.31. The summed E-state index contributed by atoms with van der Waals surface area (Å²) in [6.45, 7) is 21.7. The Labute approximate surface area is 269 Å². The van der Waals surface area contributed by atoms with Gasteiger partial charge in [-0.2, -0.15) is 9.97 Å². The first-order chi connectivity index (χ1) is 22.0. The van der Waals surface area contributed by atoms with Gasteiger partial charge in [-0.05, 0) is 70.7 Å². The molecule has 1 atom stereocenters. The van der Waals surface area contributed by atoms with Crippen LogP contribution in [0.1, 0.15) is 93.0 Å². The largest absolute Gasteiger partial charge is 0.467 e. The Bertz CT molecular complexity index is 1290. The van der Waals surface area contributed by atoms with Gasteiger partial charge in [-0.25, -0.2) is 0 Å². The number of benzene rings is 1. The summed E-state index contributed by atoms with van der Waals surface area (Å²) in [6.07, 6.45) is 10.2. The Kier molecular flexibility index (Phi) is 12.8. The number of anilines is 2. The maximum Gasteiger partial charge on any atom is 0.318 e. The molecule has 1 aromatic carbocycles. The zero-order valence-corrected chi connectivity index (χ0v) is 27.8. The Hall–Kier alpha value is -3.47. The molecule has 10 nitrogen and oxygen atoms in total. The van der Waals surface area contributed by atoms with E-state index >= 15 is 0 Å². The van der Waals surface area contributed by atoms with E-state index in [9.17, 15) is 4.79 Å². The van der Waals surface area contributed by atoms with Crippen LogP contribution in [0.4, 0.5) is 11.5 Å².